The molecule has 110 valence electrons. The number of aromatic nitrogens is 2. The Balaban J connectivity index is 2.08. The molecule has 3 N–H and O–H groups in total. The summed E-state index contributed by atoms with van der Waals surface area (Å²) in [6.07, 6.45) is 5.29. The maximum atomic E-state index is 11.4. The first-order valence-electron chi connectivity index (χ1n) is 7.03. The molecule has 1 saturated carbocycles. The molecule has 1 aliphatic rings. The van der Waals surface area contributed by atoms with Gasteiger partial charge in [0.15, 0.2) is 0 Å². The van der Waals surface area contributed by atoms with Crippen molar-refractivity contribution in [2.24, 2.45) is 5.41 Å². The van der Waals surface area contributed by atoms with Gasteiger partial charge in [-0.3, -0.25) is 9.59 Å². The number of rotatable bonds is 5. The monoisotopic (exact) mass is 279 g/mol. The van der Waals surface area contributed by atoms with Crippen LogP contribution in [0.2, 0.25) is 0 Å². The fraction of sp³-hybridized carbons (Fsp3) is 0.643. The number of hydrogen-bond donors (Lipinski definition) is 3. The highest BCUT2D eigenvalue weighted by Gasteiger charge is 2.34. The molecule has 6 nitrogen and oxygen atoms in total. The highest BCUT2D eigenvalue weighted by molar-refractivity contribution is 5.67. The number of nitrogens with zero attached hydrogens (tertiary/aromatic N) is 1. The first kappa shape index (κ1) is 14.6. The van der Waals surface area contributed by atoms with Gasteiger partial charge in [-0.2, -0.15) is 0 Å². The lowest BCUT2D eigenvalue weighted by Gasteiger charge is -2.36. The number of aliphatic carboxylic acids is 1. The van der Waals surface area contributed by atoms with Crippen molar-refractivity contribution in [2.75, 3.05) is 11.9 Å². The SMILES string of the molecule is Cc1nc(NCC2(CC(=O)O)CCCCC2)cc(=O)[nH]1. The summed E-state index contributed by atoms with van der Waals surface area (Å²) in [5, 5.41) is 12.3. The molecular formula is C14H21N3O3. The summed E-state index contributed by atoms with van der Waals surface area (Å²) in [5.74, 6) is 0.307. The van der Waals surface area contributed by atoms with Gasteiger partial charge in [-0.15, -0.1) is 0 Å². The molecule has 1 aromatic rings. The van der Waals surface area contributed by atoms with E-state index in [0.29, 0.717) is 18.2 Å². The molecule has 1 heterocycles. The van der Waals surface area contributed by atoms with Crippen LogP contribution in [0.3, 0.4) is 0 Å². The second kappa shape index (κ2) is 6.07. The minimum Gasteiger partial charge on any atom is -0.481 e. The molecule has 6 heteroatoms. The van der Waals surface area contributed by atoms with Crippen molar-refractivity contribution in [3.05, 3.63) is 22.2 Å². The van der Waals surface area contributed by atoms with Crippen LogP contribution >= 0.6 is 0 Å². The fourth-order valence-electron chi connectivity index (χ4n) is 2.99. The summed E-state index contributed by atoms with van der Waals surface area (Å²) in [6.45, 7) is 2.27. The van der Waals surface area contributed by atoms with E-state index in [1.165, 1.54) is 12.5 Å². The van der Waals surface area contributed by atoms with Crippen LogP contribution in [0.1, 0.15) is 44.3 Å². The quantitative estimate of drug-likeness (QED) is 0.765. The Morgan fingerprint density at radius 1 is 1.45 bits per heavy atom. The number of carboxylic acids is 1. The molecule has 1 aliphatic carbocycles. The Bertz CT molecular complexity index is 533. The second-order valence-corrected chi connectivity index (χ2v) is 5.70. The fourth-order valence-corrected chi connectivity index (χ4v) is 2.99. The number of carboxylic acid groups (broad SMARTS) is 1. The van der Waals surface area contributed by atoms with Gasteiger partial charge in [0.1, 0.15) is 11.6 Å². The van der Waals surface area contributed by atoms with Crippen molar-refractivity contribution >= 4 is 11.8 Å². The first-order valence-corrected chi connectivity index (χ1v) is 7.03. The predicted molar refractivity (Wildman–Crippen MR) is 75.9 cm³/mol. The van der Waals surface area contributed by atoms with Gasteiger partial charge in [-0.05, 0) is 25.2 Å². The van der Waals surface area contributed by atoms with E-state index in [1.54, 1.807) is 6.92 Å². The number of carbonyl (C=O) groups is 1. The molecular weight excluding hydrogens is 258 g/mol. The highest BCUT2D eigenvalue weighted by Crippen LogP contribution is 2.39. The molecule has 1 aromatic heterocycles. The van der Waals surface area contributed by atoms with E-state index in [0.717, 1.165) is 25.7 Å². The van der Waals surface area contributed by atoms with Gasteiger partial charge in [0.25, 0.3) is 5.56 Å². The van der Waals surface area contributed by atoms with Crippen LogP contribution in [0.4, 0.5) is 5.82 Å². The third-order valence-electron chi connectivity index (χ3n) is 3.95. The average molecular weight is 279 g/mol. The number of aromatic amines is 1. The molecule has 0 spiro atoms. The van der Waals surface area contributed by atoms with Crippen molar-refractivity contribution in [1.82, 2.24) is 9.97 Å². The second-order valence-electron chi connectivity index (χ2n) is 5.70. The van der Waals surface area contributed by atoms with E-state index in [4.69, 9.17) is 5.11 Å². The summed E-state index contributed by atoms with van der Waals surface area (Å²) >= 11 is 0. The van der Waals surface area contributed by atoms with Crippen LogP contribution in [0, 0.1) is 12.3 Å². The molecule has 1 fully saturated rings. The zero-order valence-electron chi connectivity index (χ0n) is 11.7. The Hall–Kier alpha value is -1.85. The first-order chi connectivity index (χ1) is 9.49. The Kier molecular flexibility index (Phi) is 4.42. The number of hydrogen-bond acceptors (Lipinski definition) is 4. The van der Waals surface area contributed by atoms with Crippen molar-refractivity contribution < 1.29 is 9.90 Å². The number of aryl methyl sites for hydroxylation is 1. The average Bonchev–Trinajstić information content (AvgIpc) is 2.36. The minimum absolute atomic E-state index is 0.169. The zero-order valence-corrected chi connectivity index (χ0v) is 11.7. The lowest BCUT2D eigenvalue weighted by molar-refractivity contribution is -0.140. The number of H-pyrrole nitrogens is 1. The van der Waals surface area contributed by atoms with E-state index in [9.17, 15) is 9.59 Å². The molecule has 0 aromatic carbocycles. The van der Waals surface area contributed by atoms with Crippen LogP contribution in [0.25, 0.3) is 0 Å². The summed E-state index contributed by atoms with van der Waals surface area (Å²) in [5.41, 5.74) is -0.418. The van der Waals surface area contributed by atoms with Crippen molar-refractivity contribution in [3.8, 4) is 0 Å². The lowest BCUT2D eigenvalue weighted by Crippen LogP contribution is -2.35. The molecule has 0 saturated heterocycles. The van der Waals surface area contributed by atoms with Gasteiger partial charge >= 0.3 is 5.97 Å². The summed E-state index contributed by atoms with van der Waals surface area (Å²) in [4.78, 5) is 29.3. The van der Waals surface area contributed by atoms with Crippen molar-refractivity contribution in [1.29, 1.82) is 0 Å². The summed E-state index contributed by atoms with van der Waals surface area (Å²) in [7, 11) is 0. The van der Waals surface area contributed by atoms with Crippen molar-refractivity contribution in [2.45, 2.75) is 45.4 Å². The highest BCUT2D eigenvalue weighted by atomic mass is 16.4. The molecule has 0 radical (unpaired) electrons. The van der Waals surface area contributed by atoms with Crippen LogP contribution in [-0.2, 0) is 4.79 Å². The molecule has 0 atom stereocenters. The number of anilines is 1. The van der Waals surface area contributed by atoms with Crippen LogP contribution in [0.5, 0.6) is 0 Å². The zero-order chi connectivity index (χ0) is 14.6. The molecule has 20 heavy (non-hydrogen) atoms. The van der Waals surface area contributed by atoms with Gasteiger partial charge in [0.2, 0.25) is 0 Å². The largest absolute Gasteiger partial charge is 0.481 e. The van der Waals surface area contributed by atoms with Gasteiger partial charge in [-0.1, -0.05) is 19.3 Å². The normalized spacial score (nSPS) is 17.6. The van der Waals surface area contributed by atoms with E-state index in [-0.39, 0.29) is 17.4 Å². The van der Waals surface area contributed by atoms with Gasteiger partial charge in [0.05, 0.1) is 6.42 Å². The smallest absolute Gasteiger partial charge is 0.303 e. The van der Waals surface area contributed by atoms with E-state index in [2.05, 4.69) is 15.3 Å². The third-order valence-corrected chi connectivity index (χ3v) is 3.95. The third kappa shape index (κ3) is 3.82. The Morgan fingerprint density at radius 3 is 2.75 bits per heavy atom. The number of nitrogens with one attached hydrogen (secondary N) is 2. The maximum absolute atomic E-state index is 11.4. The van der Waals surface area contributed by atoms with Crippen molar-refractivity contribution in [3.63, 3.8) is 0 Å². The predicted octanol–water partition coefficient (Wildman–Crippen LogP) is 1.92. The molecule has 2 rings (SSSR count). The van der Waals surface area contributed by atoms with E-state index < -0.39 is 5.97 Å². The van der Waals surface area contributed by atoms with Crippen LogP contribution in [0.15, 0.2) is 10.9 Å². The van der Waals surface area contributed by atoms with E-state index in [1.807, 2.05) is 0 Å². The molecule has 0 amide bonds. The van der Waals surface area contributed by atoms with E-state index >= 15 is 0 Å². The lowest BCUT2D eigenvalue weighted by atomic mass is 9.72. The standard InChI is InChI=1S/C14H21N3O3/c1-10-16-11(7-12(18)17-10)15-9-14(8-13(19)20)5-3-2-4-6-14/h7H,2-6,8-9H2,1H3,(H,19,20)(H2,15,16,17,18). The van der Waals surface area contributed by atoms with Gasteiger partial charge in [-0.25, -0.2) is 4.98 Å². The molecule has 0 unspecified atom stereocenters. The van der Waals surface area contributed by atoms with Gasteiger partial charge < -0.3 is 15.4 Å². The summed E-state index contributed by atoms with van der Waals surface area (Å²) < 4.78 is 0. The Morgan fingerprint density at radius 2 is 2.15 bits per heavy atom. The minimum atomic E-state index is -0.760. The molecule has 0 aliphatic heterocycles. The summed E-state index contributed by atoms with van der Waals surface area (Å²) in [6, 6.07) is 1.41. The topological polar surface area (TPSA) is 95.1 Å². The van der Waals surface area contributed by atoms with Crippen LogP contribution < -0.4 is 10.9 Å². The molecule has 0 bridgehead atoms. The maximum Gasteiger partial charge on any atom is 0.303 e. The van der Waals surface area contributed by atoms with Gasteiger partial charge in [0, 0.05) is 12.6 Å². The van der Waals surface area contributed by atoms with Crippen LogP contribution in [-0.4, -0.2) is 27.6 Å². The Labute approximate surface area is 117 Å².